The first kappa shape index (κ1) is 15.0. The number of nitrogens with zero attached hydrogens (tertiary/aromatic N) is 1. The maximum atomic E-state index is 2.35. The van der Waals surface area contributed by atoms with Gasteiger partial charge in [-0.3, -0.25) is 0 Å². The molecule has 0 aliphatic rings. The summed E-state index contributed by atoms with van der Waals surface area (Å²) in [5.74, 6) is 0. The van der Waals surface area contributed by atoms with Crippen LogP contribution in [-0.2, 0) is 0 Å². The van der Waals surface area contributed by atoms with Gasteiger partial charge in [0, 0.05) is 16.5 Å². The Labute approximate surface area is 153 Å². The molecule has 1 heterocycles. The van der Waals surface area contributed by atoms with Crippen molar-refractivity contribution in [3.63, 3.8) is 0 Å². The van der Waals surface area contributed by atoms with Gasteiger partial charge in [-0.25, -0.2) is 0 Å². The molecule has 0 aliphatic carbocycles. The van der Waals surface area contributed by atoms with Gasteiger partial charge in [0.2, 0.25) is 0 Å². The summed E-state index contributed by atoms with van der Waals surface area (Å²) in [7, 11) is 2.12. The van der Waals surface area contributed by atoms with E-state index in [-0.39, 0.29) is 0 Å². The Morgan fingerprint density at radius 3 is 1.50 bits per heavy atom. The van der Waals surface area contributed by atoms with Crippen molar-refractivity contribution in [2.45, 2.75) is 0 Å². The van der Waals surface area contributed by atoms with Gasteiger partial charge in [0.05, 0.1) is 11.0 Å². The zero-order valence-electron chi connectivity index (χ0n) is 14.7. The number of benzene rings is 4. The molecule has 0 fully saturated rings. The van der Waals surface area contributed by atoms with Gasteiger partial charge in [0.15, 0.2) is 0 Å². The molecule has 0 radical (unpaired) electrons. The zero-order valence-corrected chi connectivity index (χ0v) is 14.7. The first-order valence-electron chi connectivity index (χ1n) is 8.97. The standard InChI is InChI=1S/C24H18BN/c25-19-13-9-17(10-14-19)18-11-15-20(16-12-18)26-23-7-3-1-5-21(23)22-6-2-4-8-24(22)26/h1-16H,25H2. The molecule has 5 aromatic rings. The maximum Gasteiger partial charge on any atom is 0.139 e. The van der Waals surface area contributed by atoms with Crippen LogP contribution in [0.1, 0.15) is 0 Å². The molecule has 2 heteroatoms. The molecule has 0 saturated carbocycles. The van der Waals surface area contributed by atoms with Gasteiger partial charge in [-0.05, 0) is 35.4 Å². The van der Waals surface area contributed by atoms with Crippen LogP contribution in [0.2, 0.25) is 0 Å². The van der Waals surface area contributed by atoms with E-state index in [0.717, 1.165) is 0 Å². The van der Waals surface area contributed by atoms with Gasteiger partial charge in [0.1, 0.15) is 7.85 Å². The zero-order chi connectivity index (χ0) is 17.5. The fourth-order valence-corrected chi connectivity index (χ4v) is 3.75. The highest BCUT2D eigenvalue weighted by molar-refractivity contribution is 6.32. The van der Waals surface area contributed by atoms with E-state index in [2.05, 4.69) is 109 Å². The molecule has 0 spiro atoms. The van der Waals surface area contributed by atoms with E-state index in [1.165, 1.54) is 44.1 Å². The Bertz CT molecular complexity index is 1160. The molecule has 0 unspecified atom stereocenters. The number of hydrogen-bond acceptors (Lipinski definition) is 0. The summed E-state index contributed by atoms with van der Waals surface area (Å²) >= 11 is 0. The molecule has 5 rings (SSSR count). The fraction of sp³-hybridized carbons (Fsp3) is 0. The van der Waals surface area contributed by atoms with Crippen LogP contribution in [0, 0.1) is 0 Å². The van der Waals surface area contributed by atoms with Crippen LogP contribution in [-0.4, -0.2) is 12.4 Å². The van der Waals surface area contributed by atoms with Gasteiger partial charge in [-0.2, -0.15) is 0 Å². The number of para-hydroxylation sites is 2. The second-order valence-corrected chi connectivity index (χ2v) is 6.78. The molecule has 0 aliphatic heterocycles. The van der Waals surface area contributed by atoms with Gasteiger partial charge < -0.3 is 4.57 Å². The minimum absolute atomic E-state index is 1.19. The van der Waals surface area contributed by atoms with Gasteiger partial charge in [-0.15, -0.1) is 0 Å². The molecule has 0 N–H and O–H groups in total. The second kappa shape index (κ2) is 5.92. The third kappa shape index (κ3) is 2.34. The summed E-state index contributed by atoms with van der Waals surface area (Å²) in [5, 5.41) is 2.59. The maximum absolute atomic E-state index is 2.35. The van der Waals surface area contributed by atoms with E-state index in [1.54, 1.807) is 0 Å². The molecule has 1 aromatic heterocycles. The molecular formula is C24H18BN. The van der Waals surface area contributed by atoms with Crippen molar-refractivity contribution in [1.29, 1.82) is 0 Å². The molecular weight excluding hydrogens is 313 g/mol. The predicted octanol–water partition coefficient (Wildman–Crippen LogP) is 4.71. The summed E-state index contributed by atoms with van der Waals surface area (Å²) in [6, 6.07) is 34.8. The Hall–Kier alpha value is -3.26. The number of hydrogen-bond donors (Lipinski definition) is 0. The lowest BCUT2D eigenvalue weighted by Gasteiger charge is -2.09. The van der Waals surface area contributed by atoms with E-state index in [4.69, 9.17) is 0 Å². The molecule has 0 atom stereocenters. The van der Waals surface area contributed by atoms with E-state index in [1.807, 2.05) is 0 Å². The number of aromatic nitrogens is 1. The van der Waals surface area contributed by atoms with Crippen LogP contribution in [0.25, 0.3) is 38.6 Å². The third-order valence-electron chi connectivity index (χ3n) is 5.09. The fourth-order valence-electron chi connectivity index (χ4n) is 3.75. The van der Waals surface area contributed by atoms with E-state index in [9.17, 15) is 0 Å². The molecule has 0 saturated heterocycles. The Morgan fingerprint density at radius 2 is 0.962 bits per heavy atom. The highest BCUT2D eigenvalue weighted by Gasteiger charge is 2.11. The van der Waals surface area contributed by atoms with Crippen molar-refractivity contribution in [3.05, 3.63) is 97.1 Å². The van der Waals surface area contributed by atoms with Crippen molar-refractivity contribution < 1.29 is 0 Å². The first-order valence-corrected chi connectivity index (χ1v) is 8.97. The minimum atomic E-state index is 1.19. The van der Waals surface area contributed by atoms with Crippen molar-refractivity contribution in [3.8, 4) is 16.8 Å². The summed E-state index contributed by atoms with van der Waals surface area (Å²) in [4.78, 5) is 0. The summed E-state index contributed by atoms with van der Waals surface area (Å²) in [6.45, 7) is 0. The first-order chi connectivity index (χ1) is 12.8. The molecule has 1 nitrogen and oxygen atoms in total. The average Bonchev–Trinajstić information content (AvgIpc) is 3.03. The molecule has 0 bridgehead atoms. The van der Waals surface area contributed by atoms with Gasteiger partial charge >= 0.3 is 0 Å². The Kier molecular flexibility index (Phi) is 3.43. The van der Waals surface area contributed by atoms with E-state index < -0.39 is 0 Å². The summed E-state index contributed by atoms with van der Waals surface area (Å²) in [5.41, 5.74) is 7.47. The largest absolute Gasteiger partial charge is 0.309 e. The van der Waals surface area contributed by atoms with Crippen molar-refractivity contribution in [2.75, 3.05) is 0 Å². The smallest absolute Gasteiger partial charge is 0.139 e. The highest BCUT2D eigenvalue weighted by Crippen LogP contribution is 2.32. The van der Waals surface area contributed by atoms with Crippen molar-refractivity contribution in [1.82, 2.24) is 4.57 Å². The van der Waals surface area contributed by atoms with E-state index in [0.29, 0.717) is 0 Å². The Morgan fingerprint density at radius 1 is 0.500 bits per heavy atom. The Balaban J connectivity index is 1.69. The van der Waals surface area contributed by atoms with Crippen LogP contribution >= 0.6 is 0 Å². The lowest BCUT2D eigenvalue weighted by molar-refractivity contribution is 1.18. The molecule has 122 valence electrons. The summed E-state index contributed by atoms with van der Waals surface area (Å²) in [6.07, 6.45) is 0. The minimum Gasteiger partial charge on any atom is -0.309 e. The van der Waals surface area contributed by atoms with Crippen molar-refractivity contribution in [2.24, 2.45) is 0 Å². The van der Waals surface area contributed by atoms with Crippen LogP contribution in [0.4, 0.5) is 0 Å². The molecule has 0 amide bonds. The number of fused-ring (bicyclic) bond motifs is 3. The predicted molar refractivity (Wildman–Crippen MR) is 114 cm³/mol. The molecule has 4 aromatic carbocycles. The monoisotopic (exact) mass is 331 g/mol. The summed E-state index contributed by atoms with van der Waals surface area (Å²) < 4.78 is 2.35. The highest BCUT2D eigenvalue weighted by atomic mass is 15.0. The SMILES string of the molecule is Bc1ccc(-c2ccc(-n3c4ccccc4c4ccccc43)cc2)cc1. The van der Waals surface area contributed by atoms with Gasteiger partial charge in [0.25, 0.3) is 0 Å². The lowest BCUT2D eigenvalue weighted by Crippen LogP contribution is -1.99. The van der Waals surface area contributed by atoms with Crippen LogP contribution in [0.3, 0.4) is 0 Å². The molecule has 26 heavy (non-hydrogen) atoms. The van der Waals surface area contributed by atoms with Crippen LogP contribution in [0.5, 0.6) is 0 Å². The van der Waals surface area contributed by atoms with E-state index >= 15 is 0 Å². The van der Waals surface area contributed by atoms with Crippen LogP contribution in [0.15, 0.2) is 97.1 Å². The lowest BCUT2D eigenvalue weighted by atomic mass is 9.94. The van der Waals surface area contributed by atoms with Crippen molar-refractivity contribution >= 4 is 35.1 Å². The second-order valence-electron chi connectivity index (χ2n) is 6.78. The quantitative estimate of drug-likeness (QED) is 0.413. The average molecular weight is 331 g/mol. The number of rotatable bonds is 2. The van der Waals surface area contributed by atoms with Gasteiger partial charge in [-0.1, -0.05) is 78.3 Å². The normalized spacial score (nSPS) is 11.2. The van der Waals surface area contributed by atoms with Crippen LogP contribution < -0.4 is 5.46 Å². The topological polar surface area (TPSA) is 4.93 Å². The third-order valence-corrected chi connectivity index (χ3v) is 5.09.